The van der Waals surface area contributed by atoms with Crippen molar-refractivity contribution in [2.24, 2.45) is 5.92 Å². The van der Waals surface area contributed by atoms with E-state index in [-0.39, 0.29) is 0 Å². The molecular weight excluding hydrogens is 274 g/mol. The molecule has 1 aromatic carbocycles. The molecule has 0 aliphatic carbocycles. The van der Waals surface area contributed by atoms with Gasteiger partial charge in [0, 0.05) is 13.1 Å². The first-order valence-corrected chi connectivity index (χ1v) is 7.95. The summed E-state index contributed by atoms with van der Waals surface area (Å²) in [5, 5.41) is 14.5. The molecule has 0 saturated heterocycles. The molecule has 118 valence electrons. The average molecular weight is 299 g/mol. The highest BCUT2D eigenvalue weighted by Gasteiger charge is 2.01. The first kappa shape index (κ1) is 16.2. The number of nitrogens with zero attached hydrogens (tertiary/aromatic N) is 3. The van der Waals surface area contributed by atoms with Crippen molar-refractivity contribution < 1.29 is 0 Å². The number of anilines is 2. The Morgan fingerprint density at radius 3 is 2.64 bits per heavy atom. The largest absolute Gasteiger partial charge is 0.369 e. The summed E-state index contributed by atoms with van der Waals surface area (Å²) in [6.07, 6.45) is 4.87. The van der Waals surface area contributed by atoms with Gasteiger partial charge < -0.3 is 10.6 Å². The van der Waals surface area contributed by atoms with Gasteiger partial charge in [-0.3, -0.25) is 0 Å². The van der Waals surface area contributed by atoms with Crippen LogP contribution in [0.4, 0.5) is 11.8 Å². The van der Waals surface area contributed by atoms with Crippen LogP contribution in [0.1, 0.15) is 32.3 Å². The molecule has 5 nitrogen and oxygen atoms in total. The van der Waals surface area contributed by atoms with E-state index in [9.17, 15) is 0 Å². The van der Waals surface area contributed by atoms with Crippen molar-refractivity contribution in [2.45, 2.75) is 33.1 Å². The van der Waals surface area contributed by atoms with Crippen molar-refractivity contribution in [3.63, 3.8) is 0 Å². The molecule has 1 heterocycles. The van der Waals surface area contributed by atoms with E-state index in [1.54, 1.807) is 6.20 Å². The van der Waals surface area contributed by atoms with Crippen LogP contribution in [-0.4, -0.2) is 28.3 Å². The Balaban J connectivity index is 1.71. The Bertz CT molecular complexity index is 542. The lowest BCUT2D eigenvalue weighted by Crippen LogP contribution is -2.11. The molecule has 0 unspecified atom stereocenters. The molecule has 0 atom stereocenters. The van der Waals surface area contributed by atoms with Crippen molar-refractivity contribution in [2.75, 3.05) is 23.7 Å². The van der Waals surface area contributed by atoms with Crippen molar-refractivity contribution in [1.29, 1.82) is 0 Å². The van der Waals surface area contributed by atoms with Crippen LogP contribution < -0.4 is 10.6 Å². The van der Waals surface area contributed by atoms with Gasteiger partial charge in [-0.2, -0.15) is 10.1 Å². The third-order valence-electron chi connectivity index (χ3n) is 3.35. The number of nitrogens with one attached hydrogen (secondary N) is 2. The van der Waals surface area contributed by atoms with Crippen LogP contribution in [0.2, 0.25) is 0 Å². The van der Waals surface area contributed by atoms with Gasteiger partial charge in [0.1, 0.15) is 5.82 Å². The highest BCUT2D eigenvalue weighted by Crippen LogP contribution is 2.06. The van der Waals surface area contributed by atoms with Gasteiger partial charge in [0.25, 0.3) is 0 Å². The Labute approximate surface area is 132 Å². The van der Waals surface area contributed by atoms with E-state index in [1.807, 2.05) is 6.07 Å². The minimum absolute atomic E-state index is 0.586. The zero-order valence-electron chi connectivity index (χ0n) is 13.4. The maximum atomic E-state index is 4.42. The van der Waals surface area contributed by atoms with Crippen LogP contribution >= 0.6 is 0 Å². The van der Waals surface area contributed by atoms with E-state index in [1.165, 1.54) is 5.56 Å². The van der Waals surface area contributed by atoms with Crippen LogP contribution in [-0.2, 0) is 6.42 Å². The molecule has 0 amide bonds. The SMILES string of the molecule is CC(C)CCNc1cnnc(NCCCc2ccccc2)n1. The molecule has 0 radical (unpaired) electrons. The maximum Gasteiger partial charge on any atom is 0.244 e. The molecule has 1 aromatic heterocycles. The lowest BCUT2D eigenvalue weighted by Gasteiger charge is -2.08. The topological polar surface area (TPSA) is 62.7 Å². The maximum absolute atomic E-state index is 4.42. The quantitative estimate of drug-likeness (QED) is 0.695. The van der Waals surface area contributed by atoms with Gasteiger partial charge in [0.05, 0.1) is 6.20 Å². The number of aryl methyl sites for hydroxylation is 1. The monoisotopic (exact) mass is 299 g/mol. The van der Waals surface area contributed by atoms with Crippen molar-refractivity contribution in [3.8, 4) is 0 Å². The second-order valence-corrected chi connectivity index (χ2v) is 5.79. The Kier molecular flexibility index (Phi) is 6.61. The molecule has 0 spiro atoms. The minimum Gasteiger partial charge on any atom is -0.369 e. The van der Waals surface area contributed by atoms with Gasteiger partial charge in [-0.1, -0.05) is 44.2 Å². The number of rotatable bonds is 9. The van der Waals surface area contributed by atoms with E-state index in [0.717, 1.165) is 38.2 Å². The summed E-state index contributed by atoms with van der Waals surface area (Å²) in [5.41, 5.74) is 1.35. The predicted octanol–water partition coefficient (Wildman–Crippen LogP) is 3.37. The summed E-state index contributed by atoms with van der Waals surface area (Å²) in [5.74, 6) is 2.04. The number of aromatic nitrogens is 3. The molecule has 0 bridgehead atoms. The van der Waals surface area contributed by atoms with E-state index >= 15 is 0 Å². The van der Waals surface area contributed by atoms with Crippen LogP contribution in [0, 0.1) is 5.92 Å². The molecule has 0 saturated carbocycles. The molecule has 2 N–H and O–H groups in total. The summed E-state index contributed by atoms with van der Waals surface area (Å²) < 4.78 is 0. The third kappa shape index (κ3) is 6.08. The Hall–Kier alpha value is -2.17. The second-order valence-electron chi connectivity index (χ2n) is 5.79. The van der Waals surface area contributed by atoms with E-state index < -0.39 is 0 Å². The normalized spacial score (nSPS) is 10.7. The summed E-state index contributed by atoms with van der Waals surface area (Å²) >= 11 is 0. The van der Waals surface area contributed by atoms with Gasteiger partial charge in [-0.25, -0.2) is 0 Å². The summed E-state index contributed by atoms with van der Waals surface area (Å²) in [4.78, 5) is 4.42. The average Bonchev–Trinajstić information content (AvgIpc) is 2.53. The second kappa shape index (κ2) is 8.97. The first-order valence-electron chi connectivity index (χ1n) is 7.95. The van der Waals surface area contributed by atoms with Gasteiger partial charge in [-0.15, -0.1) is 5.10 Å². The fraction of sp³-hybridized carbons (Fsp3) is 0.471. The lowest BCUT2D eigenvalue weighted by atomic mass is 10.1. The van der Waals surface area contributed by atoms with Crippen LogP contribution in [0.15, 0.2) is 36.5 Å². The molecule has 22 heavy (non-hydrogen) atoms. The predicted molar refractivity (Wildman–Crippen MR) is 91.0 cm³/mol. The molecule has 0 aliphatic heterocycles. The number of hydrogen-bond donors (Lipinski definition) is 2. The number of hydrogen-bond acceptors (Lipinski definition) is 5. The Morgan fingerprint density at radius 2 is 1.86 bits per heavy atom. The van der Waals surface area contributed by atoms with Gasteiger partial charge in [-0.05, 0) is 30.7 Å². The van der Waals surface area contributed by atoms with Crippen LogP contribution in [0.3, 0.4) is 0 Å². The summed E-state index contributed by atoms with van der Waals surface area (Å²) in [6.45, 7) is 6.16. The van der Waals surface area contributed by atoms with Gasteiger partial charge >= 0.3 is 0 Å². The summed E-state index contributed by atoms with van der Waals surface area (Å²) in [6, 6.07) is 10.5. The van der Waals surface area contributed by atoms with Gasteiger partial charge in [0.15, 0.2) is 0 Å². The number of benzene rings is 1. The Morgan fingerprint density at radius 1 is 1.05 bits per heavy atom. The fourth-order valence-electron chi connectivity index (χ4n) is 2.09. The molecule has 0 fully saturated rings. The first-order chi connectivity index (χ1) is 10.7. The van der Waals surface area contributed by atoms with Gasteiger partial charge in [0.2, 0.25) is 5.95 Å². The van der Waals surface area contributed by atoms with E-state index in [2.05, 4.69) is 63.9 Å². The van der Waals surface area contributed by atoms with Crippen molar-refractivity contribution >= 4 is 11.8 Å². The van der Waals surface area contributed by atoms with E-state index in [0.29, 0.717) is 11.9 Å². The summed E-state index contributed by atoms with van der Waals surface area (Å²) in [7, 11) is 0. The minimum atomic E-state index is 0.586. The van der Waals surface area contributed by atoms with Crippen molar-refractivity contribution in [3.05, 3.63) is 42.1 Å². The van der Waals surface area contributed by atoms with E-state index in [4.69, 9.17) is 0 Å². The highest BCUT2D eigenvalue weighted by molar-refractivity contribution is 5.36. The zero-order valence-corrected chi connectivity index (χ0v) is 13.4. The zero-order chi connectivity index (χ0) is 15.6. The van der Waals surface area contributed by atoms with Crippen LogP contribution in [0.25, 0.3) is 0 Å². The molecule has 2 aromatic rings. The fourth-order valence-corrected chi connectivity index (χ4v) is 2.09. The third-order valence-corrected chi connectivity index (χ3v) is 3.35. The molecular formula is C17H25N5. The standard InChI is InChI=1S/C17H25N5/c1-14(2)10-12-18-16-13-20-22-17(21-16)19-11-6-9-15-7-4-3-5-8-15/h3-5,7-8,13-14H,6,9-12H2,1-2H3,(H2,18,19,21,22). The molecule has 5 heteroatoms. The van der Waals surface area contributed by atoms with Crippen molar-refractivity contribution in [1.82, 2.24) is 15.2 Å². The highest BCUT2D eigenvalue weighted by atomic mass is 15.3. The molecule has 0 aliphatic rings. The lowest BCUT2D eigenvalue weighted by molar-refractivity contribution is 0.606. The van der Waals surface area contributed by atoms with Crippen LogP contribution in [0.5, 0.6) is 0 Å². The smallest absolute Gasteiger partial charge is 0.244 e. The molecule has 2 rings (SSSR count).